The third-order valence-electron chi connectivity index (χ3n) is 6.87. The number of rotatable bonds is 5. The van der Waals surface area contributed by atoms with Gasteiger partial charge in [0.05, 0.1) is 11.2 Å². The van der Waals surface area contributed by atoms with E-state index in [-0.39, 0.29) is 30.1 Å². The highest BCUT2D eigenvalue weighted by Gasteiger charge is 2.34. The molecule has 10 nitrogen and oxygen atoms in total. The van der Waals surface area contributed by atoms with Crippen LogP contribution in [-0.4, -0.2) is 60.5 Å². The number of benzene rings is 1. The maximum Gasteiger partial charge on any atom is 0.410 e. The molecule has 5 rings (SSSR count). The van der Waals surface area contributed by atoms with E-state index in [1.807, 2.05) is 0 Å². The fraction of sp³-hybridized carbons (Fsp3) is 0.444. The van der Waals surface area contributed by atoms with Crippen molar-refractivity contribution < 1.29 is 23.8 Å². The van der Waals surface area contributed by atoms with Crippen LogP contribution in [0.3, 0.4) is 0 Å². The minimum atomic E-state index is -1.15. The lowest BCUT2D eigenvalue weighted by molar-refractivity contribution is -0.00487. The van der Waals surface area contributed by atoms with Gasteiger partial charge in [0.2, 0.25) is 0 Å². The highest BCUT2D eigenvalue weighted by atomic mass is 19.1. The Morgan fingerprint density at radius 2 is 1.97 bits per heavy atom. The number of aryl methyl sites for hydroxylation is 1. The van der Waals surface area contributed by atoms with Crippen LogP contribution in [0.25, 0.3) is 11.5 Å². The molecule has 0 saturated heterocycles. The third-order valence-corrected chi connectivity index (χ3v) is 6.87. The second-order valence-electron chi connectivity index (χ2n) is 11.1. The number of aliphatic hydroxyl groups is 1. The number of halogens is 1. The monoisotopic (exact) mass is 522 g/mol. The Hall–Kier alpha value is -3.86. The molecular weight excluding hydrogens is 491 g/mol. The lowest BCUT2D eigenvalue weighted by atomic mass is 9.96. The predicted octanol–water partition coefficient (Wildman–Crippen LogP) is 3.68. The Bertz CT molecular complexity index is 1410. The normalized spacial score (nSPS) is 16.1. The highest BCUT2D eigenvalue weighted by molar-refractivity contribution is 6.04. The Balaban J connectivity index is 1.33. The topological polar surface area (TPSA) is 122 Å². The fourth-order valence-corrected chi connectivity index (χ4v) is 4.86. The number of aromatic nitrogens is 4. The minimum absolute atomic E-state index is 0.143. The average Bonchev–Trinajstić information content (AvgIpc) is 3.42. The first-order valence-corrected chi connectivity index (χ1v) is 12.6. The number of amides is 2. The lowest BCUT2D eigenvalue weighted by Crippen LogP contribution is -2.39. The minimum Gasteiger partial charge on any atom is -0.446 e. The Kier molecular flexibility index (Phi) is 6.42. The smallest absolute Gasteiger partial charge is 0.410 e. The SMILES string of the molecule is CC(C)(O)COC(=O)N1CCc2cc(F)c(C(=O)Nc3cccc(-c4nnc5n4C(C)(C)CC5)n3)cc2C1. The summed E-state index contributed by atoms with van der Waals surface area (Å²) in [6.45, 7) is 7.70. The number of fused-ring (bicyclic) bond motifs is 2. The van der Waals surface area contributed by atoms with Crippen molar-refractivity contribution in [2.24, 2.45) is 0 Å². The second kappa shape index (κ2) is 9.46. The van der Waals surface area contributed by atoms with Gasteiger partial charge in [-0.25, -0.2) is 14.2 Å². The molecule has 2 aromatic heterocycles. The molecule has 200 valence electrons. The number of nitrogens with one attached hydrogen (secondary N) is 1. The number of ether oxygens (including phenoxy) is 1. The van der Waals surface area contributed by atoms with Gasteiger partial charge in [-0.3, -0.25) is 4.79 Å². The van der Waals surface area contributed by atoms with E-state index in [4.69, 9.17) is 4.74 Å². The van der Waals surface area contributed by atoms with Crippen LogP contribution in [0.1, 0.15) is 61.4 Å². The van der Waals surface area contributed by atoms with Gasteiger partial charge in [-0.2, -0.15) is 0 Å². The molecule has 2 aliphatic heterocycles. The molecule has 0 fully saturated rings. The highest BCUT2D eigenvalue weighted by Crippen LogP contribution is 2.35. The van der Waals surface area contributed by atoms with Crippen molar-refractivity contribution >= 4 is 17.8 Å². The predicted molar refractivity (Wildman–Crippen MR) is 137 cm³/mol. The summed E-state index contributed by atoms with van der Waals surface area (Å²) < 4.78 is 22.2. The van der Waals surface area contributed by atoms with Crippen LogP contribution in [0, 0.1) is 5.82 Å². The van der Waals surface area contributed by atoms with Crippen LogP contribution in [0.2, 0.25) is 0 Å². The molecule has 2 amide bonds. The molecule has 3 aromatic rings. The van der Waals surface area contributed by atoms with Crippen LogP contribution in [-0.2, 0) is 29.7 Å². The summed E-state index contributed by atoms with van der Waals surface area (Å²) >= 11 is 0. The zero-order valence-electron chi connectivity index (χ0n) is 21.9. The molecule has 38 heavy (non-hydrogen) atoms. The third kappa shape index (κ3) is 5.10. The maximum absolute atomic E-state index is 14.9. The Labute approximate surface area is 219 Å². The lowest BCUT2D eigenvalue weighted by Gasteiger charge is -2.29. The van der Waals surface area contributed by atoms with Crippen LogP contribution in [0.4, 0.5) is 15.0 Å². The molecule has 0 saturated carbocycles. The van der Waals surface area contributed by atoms with Gasteiger partial charge in [0.1, 0.15) is 29.8 Å². The Morgan fingerprint density at radius 3 is 2.74 bits per heavy atom. The molecule has 2 N–H and O–H groups in total. The summed E-state index contributed by atoms with van der Waals surface area (Å²) in [7, 11) is 0. The van der Waals surface area contributed by atoms with Crippen LogP contribution < -0.4 is 5.32 Å². The van der Waals surface area contributed by atoms with E-state index in [9.17, 15) is 19.1 Å². The van der Waals surface area contributed by atoms with Gasteiger partial charge >= 0.3 is 6.09 Å². The summed E-state index contributed by atoms with van der Waals surface area (Å²) in [4.78, 5) is 31.5. The standard InChI is InChI=1S/C27H31FN6O4/c1-26(2)10-8-22-31-32-23(34(22)26)20-6-5-7-21(29-20)30-24(35)18-12-17-14-33(11-9-16(17)13-19(18)28)25(36)38-15-27(3,4)37/h5-7,12-13,37H,8-11,14-15H2,1-4H3,(H,29,30,35). The van der Waals surface area contributed by atoms with Crippen molar-refractivity contribution in [1.82, 2.24) is 24.6 Å². The number of carbonyl (C=O) groups excluding carboxylic acids is 2. The molecule has 0 bridgehead atoms. The Morgan fingerprint density at radius 1 is 1.18 bits per heavy atom. The number of carbonyl (C=O) groups is 2. The van der Waals surface area contributed by atoms with Gasteiger partial charge < -0.3 is 24.6 Å². The van der Waals surface area contributed by atoms with Crippen molar-refractivity contribution in [3.05, 3.63) is 58.7 Å². The molecule has 0 aliphatic carbocycles. The number of pyridine rings is 1. The molecule has 1 aromatic carbocycles. The van der Waals surface area contributed by atoms with E-state index in [1.54, 1.807) is 32.0 Å². The average molecular weight is 523 g/mol. The van der Waals surface area contributed by atoms with Gasteiger partial charge in [0.25, 0.3) is 5.91 Å². The van der Waals surface area contributed by atoms with Crippen molar-refractivity contribution in [3.63, 3.8) is 0 Å². The summed E-state index contributed by atoms with van der Waals surface area (Å²) in [6, 6.07) is 7.99. The first kappa shape index (κ1) is 25.8. The first-order chi connectivity index (χ1) is 17.9. The molecule has 0 atom stereocenters. The van der Waals surface area contributed by atoms with Crippen LogP contribution in [0.5, 0.6) is 0 Å². The zero-order chi connectivity index (χ0) is 27.2. The summed E-state index contributed by atoms with van der Waals surface area (Å²) in [5.74, 6) is 0.482. The largest absolute Gasteiger partial charge is 0.446 e. The van der Waals surface area contributed by atoms with Crippen molar-refractivity contribution in [1.29, 1.82) is 0 Å². The van der Waals surface area contributed by atoms with E-state index < -0.39 is 23.4 Å². The van der Waals surface area contributed by atoms with Crippen LogP contribution >= 0.6 is 0 Å². The van der Waals surface area contributed by atoms with Crippen molar-refractivity contribution in [3.8, 4) is 11.5 Å². The molecule has 2 aliphatic rings. The van der Waals surface area contributed by atoms with E-state index >= 15 is 0 Å². The molecule has 11 heteroatoms. The van der Waals surface area contributed by atoms with E-state index in [2.05, 4.69) is 38.9 Å². The summed E-state index contributed by atoms with van der Waals surface area (Å²) in [5, 5.41) is 21.1. The van der Waals surface area contributed by atoms with Crippen molar-refractivity contribution in [2.75, 3.05) is 18.5 Å². The summed E-state index contributed by atoms with van der Waals surface area (Å²) in [5.41, 5.74) is 0.512. The van der Waals surface area contributed by atoms with E-state index in [0.717, 1.165) is 24.2 Å². The number of hydrogen-bond acceptors (Lipinski definition) is 7. The van der Waals surface area contributed by atoms with Gasteiger partial charge in [-0.1, -0.05) is 6.07 Å². The quantitative estimate of drug-likeness (QED) is 0.524. The number of nitrogens with zero attached hydrogens (tertiary/aromatic N) is 5. The van der Waals surface area contributed by atoms with E-state index in [0.29, 0.717) is 30.0 Å². The summed E-state index contributed by atoms with van der Waals surface area (Å²) in [6.07, 6.45) is 1.64. The van der Waals surface area contributed by atoms with Gasteiger partial charge in [0, 0.05) is 25.0 Å². The zero-order valence-corrected chi connectivity index (χ0v) is 21.9. The maximum atomic E-state index is 14.9. The van der Waals surface area contributed by atoms with Gasteiger partial charge in [-0.15, -0.1) is 10.2 Å². The first-order valence-electron chi connectivity index (χ1n) is 12.6. The number of anilines is 1. The molecule has 0 spiro atoms. The van der Waals surface area contributed by atoms with E-state index in [1.165, 1.54) is 17.0 Å². The molecule has 4 heterocycles. The van der Waals surface area contributed by atoms with Crippen LogP contribution in [0.15, 0.2) is 30.3 Å². The second-order valence-corrected chi connectivity index (χ2v) is 11.1. The van der Waals surface area contributed by atoms with Gasteiger partial charge in [0.15, 0.2) is 5.82 Å². The number of hydrogen-bond donors (Lipinski definition) is 2. The van der Waals surface area contributed by atoms with Crippen molar-refractivity contribution in [2.45, 2.75) is 64.6 Å². The van der Waals surface area contributed by atoms with Gasteiger partial charge in [-0.05, 0) is 75.9 Å². The molecular formula is C27H31FN6O4. The molecule has 0 radical (unpaired) electrons. The molecule has 0 unspecified atom stereocenters. The fourth-order valence-electron chi connectivity index (χ4n) is 4.86.